The molecule has 0 saturated carbocycles. The highest BCUT2D eigenvalue weighted by atomic mass is 32.2. The minimum absolute atomic E-state index is 0.130. The van der Waals surface area contributed by atoms with Crippen LogP contribution >= 0.6 is 0 Å². The van der Waals surface area contributed by atoms with Crippen molar-refractivity contribution in [3.8, 4) is 0 Å². The number of benzene rings is 1. The molecule has 0 aliphatic heterocycles. The molecule has 0 spiro atoms. The molecule has 0 aliphatic rings. The Morgan fingerprint density at radius 2 is 1.95 bits per heavy atom. The van der Waals surface area contributed by atoms with Crippen LogP contribution in [0.15, 0.2) is 41.7 Å². The van der Waals surface area contributed by atoms with Crippen molar-refractivity contribution in [2.24, 2.45) is 5.14 Å². The van der Waals surface area contributed by atoms with Crippen LogP contribution in [0.4, 0.5) is 0 Å². The van der Waals surface area contributed by atoms with Crippen molar-refractivity contribution in [1.82, 2.24) is 14.9 Å². The second-order valence-electron chi connectivity index (χ2n) is 4.46. The Morgan fingerprint density at radius 3 is 2.55 bits per heavy atom. The van der Waals surface area contributed by atoms with Gasteiger partial charge in [0.05, 0.1) is 16.9 Å². The first kappa shape index (κ1) is 14.7. The summed E-state index contributed by atoms with van der Waals surface area (Å²) in [5, 5.41) is 8.35. The van der Waals surface area contributed by atoms with E-state index < -0.39 is 10.0 Å². The number of nitrogens with two attached hydrogens (primary N) is 1. The van der Waals surface area contributed by atoms with E-state index in [1.54, 1.807) is 18.5 Å². The number of aromatic nitrogens is 2. The molecule has 0 atom stereocenters. The Morgan fingerprint density at radius 1 is 1.25 bits per heavy atom. The Hall–Kier alpha value is -1.70. The van der Waals surface area contributed by atoms with Crippen molar-refractivity contribution in [3.63, 3.8) is 0 Å². The Labute approximate surface area is 118 Å². The molecule has 0 bridgehead atoms. The van der Waals surface area contributed by atoms with Gasteiger partial charge in [-0.05, 0) is 24.6 Å². The van der Waals surface area contributed by atoms with Gasteiger partial charge < -0.3 is 9.88 Å². The average molecular weight is 294 g/mol. The predicted octanol–water partition coefficient (Wildman–Crippen LogP) is 0.840. The minimum Gasteiger partial charge on any atom is -0.334 e. The molecule has 20 heavy (non-hydrogen) atoms. The fourth-order valence-electron chi connectivity index (χ4n) is 1.91. The van der Waals surface area contributed by atoms with Crippen molar-refractivity contribution >= 4 is 10.0 Å². The maximum absolute atomic E-state index is 11.1. The Kier molecular flexibility index (Phi) is 4.53. The number of sulfonamides is 1. The molecule has 0 amide bonds. The van der Waals surface area contributed by atoms with Gasteiger partial charge in [0, 0.05) is 25.8 Å². The predicted molar refractivity (Wildman–Crippen MR) is 76.3 cm³/mol. The molecule has 6 nitrogen and oxygen atoms in total. The van der Waals surface area contributed by atoms with Gasteiger partial charge in [-0.15, -0.1) is 0 Å². The van der Waals surface area contributed by atoms with Crippen LogP contribution in [0.25, 0.3) is 0 Å². The molecule has 0 fully saturated rings. The Balaban J connectivity index is 1.92. The molecule has 1 heterocycles. The van der Waals surface area contributed by atoms with E-state index in [2.05, 4.69) is 21.8 Å². The highest BCUT2D eigenvalue weighted by molar-refractivity contribution is 7.89. The first-order valence-electron chi connectivity index (χ1n) is 6.32. The van der Waals surface area contributed by atoms with E-state index in [0.29, 0.717) is 13.1 Å². The standard InChI is InChI=1S/C13H18N4O2S/c1-2-17-10-16-9-12(17)8-15-7-11-3-5-13(6-4-11)20(14,18)19/h3-6,9-10,15H,2,7-8H2,1H3,(H2,14,18,19). The summed E-state index contributed by atoms with van der Waals surface area (Å²) in [7, 11) is -3.62. The zero-order valence-electron chi connectivity index (χ0n) is 11.3. The van der Waals surface area contributed by atoms with Gasteiger partial charge in [0.2, 0.25) is 10.0 Å². The fourth-order valence-corrected chi connectivity index (χ4v) is 2.43. The molecule has 1 aromatic carbocycles. The zero-order chi connectivity index (χ0) is 14.6. The van der Waals surface area contributed by atoms with E-state index in [0.717, 1.165) is 17.8 Å². The smallest absolute Gasteiger partial charge is 0.238 e. The Bertz CT molecular complexity index is 662. The summed E-state index contributed by atoms with van der Waals surface area (Å²) >= 11 is 0. The van der Waals surface area contributed by atoms with Gasteiger partial charge in [0.15, 0.2) is 0 Å². The minimum atomic E-state index is -3.62. The van der Waals surface area contributed by atoms with Crippen LogP contribution in [-0.2, 0) is 29.7 Å². The molecule has 108 valence electrons. The number of primary sulfonamides is 1. The molecular formula is C13H18N4O2S. The van der Waals surface area contributed by atoms with Crippen LogP contribution in [0.5, 0.6) is 0 Å². The molecule has 0 saturated heterocycles. The molecular weight excluding hydrogens is 276 g/mol. The highest BCUT2D eigenvalue weighted by Crippen LogP contribution is 2.08. The van der Waals surface area contributed by atoms with Crippen molar-refractivity contribution in [3.05, 3.63) is 48.0 Å². The number of nitrogens with one attached hydrogen (secondary N) is 1. The third-order valence-electron chi connectivity index (χ3n) is 3.03. The summed E-state index contributed by atoms with van der Waals surface area (Å²) in [5.41, 5.74) is 2.12. The lowest BCUT2D eigenvalue weighted by atomic mass is 10.2. The first-order valence-corrected chi connectivity index (χ1v) is 7.87. The van der Waals surface area contributed by atoms with Crippen molar-refractivity contribution in [2.45, 2.75) is 31.5 Å². The quantitative estimate of drug-likeness (QED) is 0.826. The summed E-state index contributed by atoms with van der Waals surface area (Å²) in [6, 6.07) is 6.54. The van der Waals surface area contributed by atoms with Crippen LogP contribution in [0.2, 0.25) is 0 Å². The monoisotopic (exact) mass is 294 g/mol. The number of aryl methyl sites for hydroxylation is 1. The van der Waals surface area contributed by atoms with E-state index in [1.807, 2.05) is 6.20 Å². The van der Waals surface area contributed by atoms with Gasteiger partial charge in [0.1, 0.15) is 0 Å². The second-order valence-corrected chi connectivity index (χ2v) is 6.02. The molecule has 3 N–H and O–H groups in total. The van der Waals surface area contributed by atoms with Gasteiger partial charge in [-0.25, -0.2) is 18.5 Å². The van der Waals surface area contributed by atoms with Crippen molar-refractivity contribution < 1.29 is 8.42 Å². The zero-order valence-corrected chi connectivity index (χ0v) is 12.1. The van der Waals surface area contributed by atoms with Gasteiger partial charge >= 0.3 is 0 Å². The van der Waals surface area contributed by atoms with Gasteiger partial charge in [-0.1, -0.05) is 12.1 Å². The van der Waals surface area contributed by atoms with E-state index in [9.17, 15) is 8.42 Å². The summed E-state index contributed by atoms with van der Waals surface area (Å²) in [5.74, 6) is 0. The molecule has 2 rings (SSSR count). The van der Waals surface area contributed by atoms with Crippen LogP contribution in [-0.4, -0.2) is 18.0 Å². The lowest BCUT2D eigenvalue weighted by Crippen LogP contribution is -2.16. The number of hydrogen-bond donors (Lipinski definition) is 2. The molecule has 7 heteroatoms. The van der Waals surface area contributed by atoms with E-state index in [-0.39, 0.29) is 4.90 Å². The third kappa shape index (κ3) is 3.66. The normalized spacial score (nSPS) is 11.7. The van der Waals surface area contributed by atoms with E-state index in [4.69, 9.17) is 5.14 Å². The van der Waals surface area contributed by atoms with Crippen LogP contribution in [0.1, 0.15) is 18.2 Å². The SMILES string of the molecule is CCn1cncc1CNCc1ccc(S(N)(=O)=O)cc1. The molecule has 0 aliphatic carbocycles. The van der Waals surface area contributed by atoms with Crippen LogP contribution in [0, 0.1) is 0 Å². The molecule has 0 radical (unpaired) electrons. The van der Waals surface area contributed by atoms with E-state index in [1.165, 1.54) is 12.1 Å². The summed E-state index contributed by atoms with van der Waals surface area (Å²) in [4.78, 5) is 4.23. The molecule has 0 unspecified atom stereocenters. The van der Waals surface area contributed by atoms with Crippen LogP contribution in [0.3, 0.4) is 0 Å². The average Bonchev–Trinajstić information content (AvgIpc) is 2.86. The van der Waals surface area contributed by atoms with Crippen molar-refractivity contribution in [1.29, 1.82) is 0 Å². The largest absolute Gasteiger partial charge is 0.334 e. The fraction of sp³-hybridized carbons (Fsp3) is 0.308. The maximum Gasteiger partial charge on any atom is 0.238 e. The topological polar surface area (TPSA) is 90.0 Å². The van der Waals surface area contributed by atoms with Crippen LogP contribution < -0.4 is 10.5 Å². The van der Waals surface area contributed by atoms with Crippen molar-refractivity contribution in [2.75, 3.05) is 0 Å². The van der Waals surface area contributed by atoms with Gasteiger partial charge in [0.25, 0.3) is 0 Å². The lowest BCUT2D eigenvalue weighted by Gasteiger charge is -2.07. The number of nitrogens with zero attached hydrogens (tertiary/aromatic N) is 2. The molecule has 1 aromatic heterocycles. The number of imidazole rings is 1. The van der Waals surface area contributed by atoms with Gasteiger partial charge in [-0.3, -0.25) is 0 Å². The van der Waals surface area contributed by atoms with Gasteiger partial charge in [-0.2, -0.15) is 0 Å². The maximum atomic E-state index is 11.1. The highest BCUT2D eigenvalue weighted by Gasteiger charge is 2.06. The molecule has 2 aromatic rings. The third-order valence-corrected chi connectivity index (χ3v) is 3.96. The van der Waals surface area contributed by atoms with E-state index >= 15 is 0 Å². The number of hydrogen-bond acceptors (Lipinski definition) is 4. The summed E-state index contributed by atoms with van der Waals surface area (Å²) in [6.45, 7) is 4.32. The first-order chi connectivity index (χ1) is 9.50. The second kappa shape index (κ2) is 6.17. The summed E-state index contributed by atoms with van der Waals surface area (Å²) in [6.07, 6.45) is 3.64. The summed E-state index contributed by atoms with van der Waals surface area (Å²) < 4.78 is 24.3. The number of rotatable bonds is 6. The lowest BCUT2D eigenvalue weighted by molar-refractivity contribution is 0.597.